The van der Waals surface area contributed by atoms with Gasteiger partial charge in [-0.3, -0.25) is 4.90 Å². The van der Waals surface area contributed by atoms with Crippen molar-refractivity contribution in [1.29, 1.82) is 0 Å². The quantitative estimate of drug-likeness (QED) is 0.705. The Hall–Kier alpha value is -1.98. The highest BCUT2D eigenvalue weighted by molar-refractivity contribution is 5.39. The average molecular weight is 331 g/mol. The first-order valence-electron chi connectivity index (χ1n) is 8.47. The molecule has 130 valence electrons. The fourth-order valence-corrected chi connectivity index (χ4v) is 2.96. The molecule has 5 nitrogen and oxygen atoms in total. The van der Waals surface area contributed by atoms with Crippen LogP contribution in [0.25, 0.3) is 0 Å². The monoisotopic (exact) mass is 331 g/mol. The van der Waals surface area contributed by atoms with Gasteiger partial charge in [-0.05, 0) is 37.1 Å². The number of methoxy groups -OCH3 is 1. The number of hydrogen-bond donors (Lipinski definition) is 0. The van der Waals surface area contributed by atoms with Crippen molar-refractivity contribution in [1.82, 2.24) is 4.90 Å². The summed E-state index contributed by atoms with van der Waals surface area (Å²) in [5.74, 6) is 2.49. The van der Waals surface area contributed by atoms with E-state index < -0.39 is 0 Å². The second-order valence-corrected chi connectivity index (χ2v) is 5.95. The molecular formula is C19H25NO4. The van der Waals surface area contributed by atoms with Crippen LogP contribution in [0.5, 0.6) is 11.5 Å². The van der Waals surface area contributed by atoms with Crippen molar-refractivity contribution in [3.05, 3.63) is 48.4 Å². The number of furan rings is 1. The Morgan fingerprint density at radius 1 is 1.17 bits per heavy atom. The van der Waals surface area contributed by atoms with Gasteiger partial charge < -0.3 is 18.6 Å². The van der Waals surface area contributed by atoms with Gasteiger partial charge in [0.05, 0.1) is 26.0 Å². The maximum absolute atomic E-state index is 5.90. The molecule has 1 fully saturated rings. The first-order valence-corrected chi connectivity index (χ1v) is 8.47. The maximum Gasteiger partial charge on any atom is 0.161 e. The first-order chi connectivity index (χ1) is 11.8. The summed E-state index contributed by atoms with van der Waals surface area (Å²) >= 11 is 0. The minimum absolute atomic E-state index is 0.311. The molecule has 0 radical (unpaired) electrons. The van der Waals surface area contributed by atoms with Crippen molar-refractivity contribution in [2.24, 2.45) is 0 Å². The number of rotatable bonds is 9. The lowest BCUT2D eigenvalue weighted by Crippen LogP contribution is -2.34. The lowest BCUT2D eigenvalue weighted by atomic mass is 10.2. The van der Waals surface area contributed by atoms with E-state index in [2.05, 4.69) is 4.90 Å². The zero-order valence-corrected chi connectivity index (χ0v) is 14.1. The van der Waals surface area contributed by atoms with E-state index in [1.54, 1.807) is 13.4 Å². The molecule has 2 heterocycles. The summed E-state index contributed by atoms with van der Waals surface area (Å²) in [6, 6.07) is 11.6. The van der Waals surface area contributed by atoms with Crippen LogP contribution in [0.15, 0.2) is 47.1 Å². The van der Waals surface area contributed by atoms with Crippen LogP contribution >= 0.6 is 0 Å². The third kappa shape index (κ3) is 4.76. The van der Waals surface area contributed by atoms with Gasteiger partial charge in [-0.2, -0.15) is 0 Å². The van der Waals surface area contributed by atoms with Crippen molar-refractivity contribution < 1.29 is 18.6 Å². The molecule has 0 aliphatic carbocycles. The van der Waals surface area contributed by atoms with Gasteiger partial charge in [0.2, 0.25) is 0 Å². The Balaban J connectivity index is 1.54. The minimum Gasteiger partial charge on any atom is -0.493 e. The topological polar surface area (TPSA) is 44.1 Å². The maximum atomic E-state index is 5.90. The van der Waals surface area contributed by atoms with Crippen molar-refractivity contribution in [2.75, 3.05) is 33.4 Å². The van der Waals surface area contributed by atoms with Crippen molar-refractivity contribution in [3.63, 3.8) is 0 Å². The van der Waals surface area contributed by atoms with E-state index in [1.807, 2.05) is 36.4 Å². The number of benzene rings is 1. The third-order valence-corrected chi connectivity index (χ3v) is 4.18. The predicted molar refractivity (Wildman–Crippen MR) is 91.4 cm³/mol. The first kappa shape index (κ1) is 16.9. The van der Waals surface area contributed by atoms with Crippen molar-refractivity contribution in [2.45, 2.75) is 25.5 Å². The molecule has 1 aromatic carbocycles. The Labute approximate surface area is 143 Å². The molecule has 5 heteroatoms. The van der Waals surface area contributed by atoms with Crippen LogP contribution < -0.4 is 9.47 Å². The summed E-state index contributed by atoms with van der Waals surface area (Å²) in [6.07, 6.45) is 4.30. The lowest BCUT2D eigenvalue weighted by molar-refractivity contribution is 0.0628. The van der Waals surface area contributed by atoms with Gasteiger partial charge in [-0.15, -0.1) is 0 Å². The van der Waals surface area contributed by atoms with Gasteiger partial charge in [0, 0.05) is 19.7 Å². The van der Waals surface area contributed by atoms with Gasteiger partial charge in [0.1, 0.15) is 12.4 Å². The molecule has 0 saturated carbocycles. The van der Waals surface area contributed by atoms with Crippen LogP contribution in [0.3, 0.4) is 0 Å². The Morgan fingerprint density at radius 2 is 2.04 bits per heavy atom. The zero-order chi connectivity index (χ0) is 16.6. The summed E-state index contributed by atoms with van der Waals surface area (Å²) < 4.78 is 22.5. The Bertz CT molecular complexity index is 593. The van der Waals surface area contributed by atoms with E-state index in [0.717, 1.165) is 56.3 Å². The fourth-order valence-electron chi connectivity index (χ4n) is 2.96. The van der Waals surface area contributed by atoms with E-state index in [9.17, 15) is 0 Å². The summed E-state index contributed by atoms with van der Waals surface area (Å²) in [5.41, 5.74) is 0. The molecule has 1 atom stereocenters. The summed E-state index contributed by atoms with van der Waals surface area (Å²) in [7, 11) is 1.66. The molecule has 1 unspecified atom stereocenters. The molecule has 1 aromatic heterocycles. The molecule has 0 amide bonds. The molecular weight excluding hydrogens is 306 g/mol. The lowest BCUT2D eigenvalue weighted by Gasteiger charge is -2.24. The normalized spacial score (nSPS) is 17.3. The Morgan fingerprint density at radius 3 is 2.75 bits per heavy atom. The fraction of sp³-hybridized carbons (Fsp3) is 0.474. The van der Waals surface area contributed by atoms with Gasteiger partial charge in [0.25, 0.3) is 0 Å². The van der Waals surface area contributed by atoms with Gasteiger partial charge in [-0.25, -0.2) is 0 Å². The second-order valence-electron chi connectivity index (χ2n) is 5.95. The molecule has 3 rings (SSSR count). The summed E-state index contributed by atoms with van der Waals surface area (Å²) in [4.78, 5) is 2.32. The highest BCUT2D eigenvalue weighted by atomic mass is 16.5. The van der Waals surface area contributed by atoms with E-state index in [0.29, 0.717) is 12.7 Å². The van der Waals surface area contributed by atoms with Crippen LogP contribution in [0, 0.1) is 0 Å². The van der Waals surface area contributed by atoms with E-state index in [1.165, 1.54) is 0 Å². The van der Waals surface area contributed by atoms with Crippen LogP contribution in [-0.2, 0) is 11.3 Å². The average Bonchev–Trinajstić information content (AvgIpc) is 3.29. The summed E-state index contributed by atoms with van der Waals surface area (Å²) in [6.45, 7) is 3.93. The molecule has 2 aromatic rings. The SMILES string of the molecule is COc1ccccc1OCCN(Cc1ccco1)CC1CCCO1. The third-order valence-electron chi connectivity index (χ3n) is 4.18. The van der Waals surface area contributed by atoms with Crippen LogP contribution in [0.4, 0.5) is 0 Å². The van der Waals surface area contributed by atoms with E-state index >= 15 is 0 Å². The standard InChI is InChI=1S/C19H25NO4/c1-21-18-8-2-3-9-19(18)24-13-10-20(14-16-6-4-11-22-16)15-17-7-5-12-23-17/h2-4,6,8-9,11,17H,5,7,10,12-15H2,1H3. The molecule has 1 saturated heterocycles. The molecule has 1 aliphatic rings. The largest absolute Gasteiger partial charge is 0.493 e. The molecule has 0 spiro atoms. The minimum atomic E-state index is 0.311. The number of para-hydroxylation sites is 2. The summed E-state index contributed by atoms with van der Waals surface area (Å²) in [5, 5.41) is 0. The van der Waals surface area contributed by atoms with E-state index in [4.69, 9.17) is 18.6 Å². The molecule has 0 N–H and O–H groups in total. The van der Waals surface area contributed by atoms with Crippen molar-refractivity contribution >= 4 is 0 Å². The molecule has 24 heavy (non-hydrogen) atoms. The van der Waals surface area contributed by atoms with Crippen molar-refractivity contribution in [3.8, 4) is 11.5 Å². The van der Waals surface area contributed by atoms with Crippen LogP contribution in [0.2, 0.25) is 0 Å². The van der Waals surface area contributed by atoms with Gasteiger partial charge in [-0.1, -0.05) is 12.1 Å². The molecule has 1 aliphatic heterocycles. The second kappa shape index (κ2) is 8.76. The van der Waals surface area contributed by atoms with Gasteiger partial charge in [0.15, 0.2) is 11.5 Å². The van der Waals surface area contributed by atoms with E-state index in [-0.39, 0.29) is 0 Å². The number of hydrogen-bond acceptors (Lipinski definition) is 5. The highest BCUT2D eigenvalue weighted by Gasteiger charge is 2.20. The Kier molecular flexibility index (Phi) is 6.15. The number of ether oxygens (including phenoxy) is 3. The van der Waals surface area contributed by atoms with Crippen LogP contribution in [0.1, 0.15) is 18.6 Å². The predicted octanol–water partition coefficient (Wildman–Crippen LogP) is 3.35. The highest BCUT2D eigenvalue weighted by Crippen LogP contribution is 2.25. The molecule has 0 bridgehead atoms. The number of nitrogens with zero attached hydrogens (tertiary/aromatic N) is 1. The van der Waals surface area contributed by atoms with Gasteiger partial charge >= 0.3 is 0 Å². The zero-order valence-electron chi connectivity index (χ0n) is 14.1. The smallest absolute Gasteiger partial charge is 0.161 e. The van der Waals surface area contributed by atoms with Crippen LogP contribution in [-0.4, -0.2) is 44.4 Å².